The van der Waals surface area contributed by atoms with Gasteiger partial charge in [-0.1, -0.05) is 36.5 Å². The van der Waals surface area contributed by atoms with E-state index in [1.54, 1.807) is 38.2 Å². The van der Waals surface area contributed by atoms with Crippen LogP contribution in [0.3, 0.4) is 0 Å². The molecule has 0 spiro atoms. The van der Waals surface area contributed by atoms with Crippen LogP contribution in [0.25, 0.3) is 0 Å². The van der Waals surface area contributed by atoms with Crippen molar-refractivity contribution < 1.29 is 39.2 Å². The standard InChI is InChI=1S/C28H32O8/c1-7-9-11-13-16(29)18-20-21(28(6)22(31)15(3)24(33)36-28)19(17(30)14-12-10-8-2)26(4,23(18)32)25(34)27(20,5)35/h7-14,19-21,29,31,35H,1-6H3/b9-7+,10-8+,13-11+,14-12+,18-16-/t19?,20?,21?,26?,27?,28-/m0/s1. The third kappa shape index (κ3) is 3.63. The SMILES string of the molecule is C/C=C/C=C/C(=O)C1C([C@]2(C)OC(=O)C(C)=C2O)C2\C(=C(O)/C=C/C=C/C)C(=O)C1(C)C(=O)C2(C)O. The summed E-state index contributed by atoms with van der Waals surface area (Å²) in [4.78, 5) is 53.5. The molecule has 8 nitrogen and oxygen atoms in total. The van der Waals surface area contributed by atoms with Gasteiger partial charge in [0.15, 0.2) is 23.0 Å². The summed E-state index contributed by atoms with van der Waals surface area (Å²) in [5.41, 5.74) is -6.53. The number of hydrogen-bond acceptors (Lipinski definition) is 8. The first kappa shape index (κ1) is 27.1. The van der Waals surface area contributed by atoms with Crippen molar-refractivity contribution in [1.29, 1.82) is 0 Å². The summed E-state index contributed by atoms with van der Waals surface area (Å²) in [7, 11) is 0. The lowest BCUT2D eigenvalue weighted by molar-refractivity contribution is -0.203. The summed E-state index contributed by atoms with van der Waals surface area (Å²) in [6.07, 6.45) is 12.0. The molecule has 0 saturated heterocycles. The van der Waals surface area contributed by atoms with Gasteiger partial charge in [-0.05, 0) is 53.7 Å². The molecule has 0 amide bonds. The van der Waals surface area contributed by atoms with Crippen molar-refractivity contribution in [2.75, 3.05) is 0 Å². The van der Waals surface area contributed by atoms with Crippen LogP contribution < -0.4 is 0 Å². The molecule has 6 atom stereocenters. The van der Waals surface area contributed by atoms with Crippen LogP contribution >= 0.6 is 0 Å². The van der Waals surface area contributed by atoms with Crippen LogP contribution in [0.2, 0.25) is 0 Å². The molecule has 5 unspecified atom stereocenters. The quantitative estimate of drug-likeness (QED) is 0.167. The Labute approximate surface area is 210 Å². The van der Waals surface area contributed by atoms with E-state index in [1.165, 1.54) is 52.0 Å². The Morgan fingerprint density at radius 1 is 0.972 bits per heavy atom. The summed E-state index contributed by atoms with van der Waals surface area (Å²) in [6, 6.07) is 0. The van der Waals surface area contributed by atoms with Gasteiger partial charge in [0.05, 0.1) is 5.57 Å². The van der Waals surface area contributed by atoms with Gasteiger partial charge in [-0.25, -0.2) is 4.79 Å². The number of ether oxygens (including phenoxy) is 1. The molecule has 0 aromatic rings. The number of aliphatic hydroxyl groups is 3. The van der Waals surface area contributed by atoms with Crippen LogP contribution in [-0.2, 0) is 23.9 Å². The molecule has 8 heteroatoms. The maximum Gasteiger partial charge on any atom is 0.338 e. The van der Waals surface area contributed by atoms with Crippen LogP contribution in [0.15, 0.2) is 71.3 Å². The minimum atomic E-state index is -2.22. The first-order chi connectivity index (χ1) is 16.7. The molecule has 192 valence electrons. The largest absolute Gasteiger partial charge is 0.508 e. The molecule has 3 saturated carbocycles. The number of rotatable bonds is 6. The van der Waals surface area contributed by atoms with Crippen LogP contribution in [0, 0.1) is 23.2 Å². The highest BCUT2D eigenvalue weighted by Crippen LogP contribution is 2.64. The van der Waals surface area contributed by atoms with Crippen LogP contribution in [-0.4, -0.2) is 49.8 Å². The average molecular weight is 497 g/mol. The molecule has 0 radical (unpaired) electrons. The van der Waals surface area contributed by atoms with E-state index < -0.39 is 69.2 Å². The molecule has 3 aliphatic carbocycles. The highest BCUT2D eigenvalue weighted by molar-refractivity contribution is 6.24. The Morgan fingerprint density at radius 3 is 2.03 bits per heavy atom. The Morgan fingerprint density at radius 2 is 1.53 bits per heavy atom. The molecular formula is C28H32O8. The van der Waals surface area contributed by atoms with Crippen molar-refractivity contribution in [1.82, 2.24) is 0 Å². The van der Waals surface area contributed by atoms with Gasteiger partial charge in [0.2, 0.25) is 0 Å². The van der Waals surface area contributed by atoms with E-state index in [0.717, 1.165) is 0 Å². The first-order valence-electron chi connectivity index (χ1n) is 11.7. The van der Waals surface area contributed by atoms with E-state index in [4.69, 9.17) is 4.74 Å². The molecule has 36 heavy (non-hydrogen) atoms. The minimum absolute atomic E-state index is 0.0835. The fourth-order valence-electron chi connectivity index (χ4n) is 5.93. The number of esters is 1. The number of aliphatic hydroxyl groups excluding tert-OH is 2. The molecule has 4 aliphatic rings. The topological polar surface area (TPSA) is 138 Å². The number of hydrogen-bond donors (Lipinski definition) is 3. The summed E-state index contributed by atoms with van der Waals surface area (Å²) in [5.74, 6) is -8.17. The fraction of sp³-hybridized carbons (Fsp3) is 0.429. The normalized spacial score (nSPS) is 38.4. The van der Waals surface area contributed by atoms with E-state index >= 15 is 0 Å². The summed E-state index contributed by atoms with van der Waals surface area (Å²) < 4.78 is 5.59. The Balaban J connectivity index is 2.41. The lowest BCUT2D eigenvalue weighted by atomic mass is 9.40. The van der Waals surface area contributed by atoms with E-state index in [9.17, 15) is 34.5 Å². The number of fused-ring (bicyclic) bond motifs is 3. The fourth-order valence-corrected chi connectivity index (χ4v) is 5.93. The zero-order valence-corrected chi connectivity index (χ0v) is 21.2. The molecule has 3 fully saturated rings. The number of cyclic esters (lactones) is 1. The smallest absolute Gasteiger partial charge is 0.338 e. The predicted molar refractivity (Wildman–Crippen MR) is 132 cm³/mol. The Kier molecular flexibility index (Phi) is 6.89. The van der Waals surface area contributed by atoms with E-state index in [-0.39, 0.29) is 11.1 Å². The molecular weight excluding hydrogens is 464 g/mol. The molecule has 4 rings (SSSR count). The van der Waals surface area contributed by atoms with Gasteiger partial charge >= 0.3 is 5.97 Å². The van der Waals surface area contributed by atoms with Gasteiger partial charge in [-0.2, -0.15) is 0 Å². The lowest BCUT2D eigenvalue weighted by Crippen LogP contribution is -2.75. The van der Waals surface area contributed by atoms with Crippen molar-refractivity contribution in [3.05, 3.63) is 71.3 Å². The summed E-state index contributed by atoms with van der Waals surface area (Å²) >= 11 is 0. The van der Waals surface area contributed by atoms with E-state index in [2.05, 4.69) is 0 Å². The number of Topliss-reactive ketones (excluding diaryl/α,β-unsaturated/α-hetero) is 2. The van der Waals surface area contributed by atoms with Crippen molar-refractivity contribution in [3.63, 3.8) is 0 Å². The maximum atomic E-state index is 13.8. The number of carbonyl (C=O) groups excluding carboxylic acids is 4. The van der Waals surface area contributed by atoms with E-state index in [1.807, 2.05) is 0 Å². The van der Waals surface area contributed by atoms with Crippen LogP contribution in [0.4, 0.5) is 0 Å². The highest BCUT2D eigenvalue weighted by Gasteiger charge is 2.77. The summed E-state index contributed by atoms with van der Waals surface area (Å²) in [5, 5.41) is 33.5. The van der Waals surface area contributed by atoms with Gasteiger partial charge in [-0.15, -0.1) is 0 Å². The van der Waals surface area contributed by atoms with Crippen molar-refractivity contribution in [2.45, 2.75) is 52.7 Å². The first-order valence-corrected chi connectivity index (χ1v) is 11.7. The minimum Gasteiger partial charge on any atom is -0.508 e. The molecule has 1 heterocycles. The van der Waals surface area contributed by atoms with Gasteiger partial charge < -0.3 is 20.1 Å². The second-order valence-corrected chi connectivity index (χ2v) is 9.93. The zero-order chi connectivity index (χ0) is 27.2. The van der Waals surface area contributed by atoms with Crippen molar-refractivity contribution in [3.8, 4) is 0 Å². The monoisotopic (exact) mass is 496 g/mol. The van der Waals surface area contributed by atoms with Crippen LogP contribution in [0.5, 0.6) is 0 Å². The highest BCUT2D eigenvalue weighted by atomic mass is 16.6. The number of ketones is 3. The van der Waals surface area contributed by atoms with Crippen molar-refractivity contribution in [2.24, 2.45) is 23.2 Å². The maximum absolute atomic E-state index is 13.8. The third-order valence-electron chi connectivity index (χ3n) is 7.68. The van der Waals surface area contributed by atoms with Gasteiger partial charge in [0.25, 0.3) is 0 Å². The third-order valence-corrected chi connectivity index (χ3v) is 7.68. The van der Waals surface area contributed by atoms with Gasteiger partial charge in [0.1, 0.15) is 22.5 Å². The zero-order valence-electron chi connectivity index (χ0n) is 21.2. The Hall–Kier alpha value is -3.52. The summed E-state index contributed by atoms with van der Waals surface area (Å²) in [6.45, 7) is 8.72. The van der Waals surface area contributed by atoms with E-state index in [0.29, 0.717) is 0 Å². The number of allylic oxidation sites excluding steroid dienone is 8. The van der Waals surface area contributed by atoms with Crippen molar-refractivity contribution >= 4 is 23.3 Å². The predicted octanol–water partition coefficient (Wildman–Crippen LogP) is 3.55. The second kappa shape index (κ2) is 9.17. The second-order valence-electron chi connectivity index (χ2n) is 9.93. The van der Waals surface area contributed by atoms with Gasteiger partial charge in [0, 0.05) is 23.3 Å². The lowest BCUT2D eigenvalue weighted by Gasteiger charge is -2.60. The molecule has 0 aromatic heterocycles. The molecule has 2 bridgehead atoms. The molecule has 3 N–H and O–H groups in total. The van der Waals surface area contributed by atoms with Crippen LogP contribution in [0.1, 0.15) is 41.5 Å². The molecule has 0 aromatic carbocycles. The molecule has 1 aliphatic heterocycles. The Bertz CT molecular complexity index is 1210. The average Bonchev–Trinajstić information content (AvgIpc) is 3.01. The van der Waals surface area contributed by atoms with Gasteiger partial charge in [-0.3, -0.25) is 14.4 Å². The number of carbonyl (C=O) groups is 4.